The average molecular weight is 493 g/mol. The van der Waals surface area contributed by atoms with Gasteiger partial charge in [0.2, 0.25) is 11.6 Å². The summed E-state index contributed by atoms with van der Waals surface area (Å²) in [5.41, 5.74) is 7.43. The minimum Gasteiger partial charge on any atom is -0.456 e. The Morgan fingerprint density at radius 2 is 2.06 bits per heavy atom. The monoisotopic (exact) mass is 492 g/mol. The number of nitriles is 1. The maximum absolute atomic E-state index is 12.3. The molecule has 3 rings (SSSR count). The Labute approximate surface area is 207 Å². The quantitative estimate of drug-likeness (QED) is 0.308. The molecule has 1 aromatic heterocycles. The van der Waals surface area contributed by atoms with Crippen LogP contribution in [0.15, 0.2) is 35.4 Å². The molecular weight excluding hydrogens is 468 g/mol. The van der Waals surface area contributed by atoms with E-state index in [2.05, 4.69) is 21.2 Å². The minimum absolute atomic E-state index is 0.210. The van der Waals surface area contributed by atoms with Crippen molar-refractivity contribution in [3.05, 3.63) is 58.4 Å². The van der Waals surface area contributed by atoms with Crippen molar-refractivity contribution in [1.29, 1.82) is 5.26 Å². The number of hydrogen-bond acceptors (Lipinski definition) is 8. The van der Waals surface area contributed by atoms with Crippen LogP contribution >= 0.6 is 11.8 Å². The molecule has 3 N–H and O–H groups in total. The van der Waals surface area contributed by atoms with E-state index < -0.39 is 23.0 Å². The lowest BCUT2D eigenvalue weighted by Gasteiger charge is -2.41. The van der Waals surface area contributed by atoms with Crippen molar-refractivity contribution in [3.8, 4) is 6.07 Å². The van der Waals surface area contributed by atoms with Crippen molar-refractivity contribution in [2.24, 2.45) is 5.73 Å². The fraction of sp³-hybridized carbons (Fsp3) is 0.333. The third-order valence-electron chi connectivity index (χ3n) is 5.34. The molecule has 180 valence electrons. The maximum Gasteiger partial charge on any atom is 0.303 e. The third kappa shape index (κ3) is 5.89. The Morgan fingerprint density at radius 1 is 1.37 bits per heavy atom. The number of nitrogens with zero attached hydrogens (tertiary/aromatic N) is 4. The van der Waals surface area contributed by atoms with Gasteiger partial charge in [-0.1, -0.05) is 49.0 Å². The van der Waals surface area contributed by atoms with E-state index in [0.29, 0.717) is 41.5 Å². The standard InChI is InChI=1S/C24H24N6O4S/c1-4-17-18(10-25)24(35-21(22(26)33)15-8-6-5-7-9-15)29-23(20(17)27-3)30-11-16(12-30)28-19(32)13-34-14(2)31/h5-9,16,21H,4,11-13H2,1-2H3,(H2,26,33)(H,28,32). The van der Waals surface area contributed by atoms with Crippen LogP contribution in [0, 0.1) is 17.9 Å². The zero-order valence-electron chi connectivity index (χ0n) is 19.3. The molecule has 1 unspecified atom stereocenters. The van der Waals surface area contributed by atoms with E-state index in [1.807, 2.05) is 17.9 Å². The first kappa shape index (κ1) is 25.5. The molecule has 35 heavy (non-hydrogen) atoms. The van der Waals surface area contributed by atoms with Crippen LogP contribution in [-0.2, 0) is 25.5 Å². The van der Waals surface area contributed by atoms with E-state index in [-0.39, 0.29) is 23.9 Å². The second-order valence-corrected chi connectivity index (χ2v) is 8.87. The number of benzene rings is 1. The highest BCUT2D eigenvalue weighted by atomic mass is 32.2. The Morgan fingerprint density at radius 3 is 2.60 bits per heavy atom. The summed E-state index contributed by atoms with van der Waals surface area (Å²) in [6.07, 6.45) is 0.423. The number of aromatic nitrogens is 1. The van der Waals surface area contributed by atoms with Crippen LogP contribution in [-0.4, -0.2) is 48.5 Å². The molecule has 11 heteroatoms. The van der Waals surface area contributed by atoms with Crippen molar-refractivity contribution in [2.75, 3.05) is 24.6 Å². The number of hydrogen-bond donors (Lipinski definition) is 2. The number of pyridine rings is 1. The summed E-state index contributed by atoms with van der Waals surface area (Å²) < 4.78 is 4.70. The second-order valence-electron chi connectivity index (χ2n) is 7.78. The van der Waals surface area contributed by atoms with Crippen LogP contribution in [0.4, 0.5) is 11.5 Å². The Hall–Kier alpha value is -4.09. The third-order valence-corrected chi connectivity index (χ3v) is 6.60. The van der Waals surface area contributed by atoms with Gasteiger partial charge in [0.1, 0.15) is 22.2 Å². The highest BCUT2D eigenvalue weighted by Gasteiger charge is 2.33. The molecule has 0 radical (unpaired) electrons. The van der Waals surface area contributed by atoms with Gasteiger partial charge in [0, 0.05) is 20.0 Å². The number of esters is 1. The molecule has 0 aliphatic carbocycles. The van der Waals surface area contributed by atoms with Crippen LogP contribution in [0.25, 0.3) is 4.85 Å². The maximum atomic E-state index is 12.3. The van der Waals surface area contributed by atoms with Crippen LogP contribution in [0.5, 0.6) is 0 Å². The number of amides is 2. The predicted octanol–water partition coefficient (Wildman–Crippen LogP) is 2.25. The molecule has 0 spiro atoms. The van der Waals surface area contributed by atoms with Gasteiger partial charge < -0.3 is 20.7 Å². The smallest absolute Gasteiger partial charge is 0.303 e. The van der Waals surface area contributed by atoms with E-state index in [1.165, 1.54) is 6.92 Å². The molecule has 10 nitrogen and oxygen atoms in total. The van der Waals surface area contributed by atoms with Gasteiger partial charge in [0.15, 0.2) is 6.61 Å². The van der Waals surface area contributed by atoms with E-state index >= 15 is 0 Å². The molecule has 2 amide bonds. The predicted molar refractivity (Wildman–Crippen MR) is 130 cm³/mol. The number of nitrogens with two attached hydrogens (primary N) is 1. The normalized spacial score (nSPS) is 13.7. The number of rotatable bonds is 9. The fourth-order valence-electron chi connectivity index (χ4n) is 3.68. The summed E-state index contributed by atoms with van der Waals surface area (Å²) >= 11 is 1.08. The summed E-state index contributed by atoms with van der Waals surface area (Å²) in [6, 6.07) is 10.9. The van der Waals surface area contributed by atoms with Gasteiger partial charge >= 0.3 is 5.97 Å². The molecule has 0 saturated carbocycles. The lowest BCUT2D eigenvalue weighted by Crippen LogP contribution is -2.60. The summed E-state index contributed by atoms with van der Waals surface area (Å²) in [4.78, 5) is 45.2. The molecular formula is C24H24N6O4S. The average Bonchev–Trinajstić information content (AvgIpc) is 2.82. The molecule has 2 aromatic rings. The first-order valence-corrected chi connectivity index (χ1v) is 11.7. The number of thioether (sulfide) groups is 1. The van der Waals surface area contributed by atoms with Gasteiger partial charge in [-0.15, -0.1) is 0 Å². The molecule has 1 aromatic carbocycles. The molecule has 1 aliphatic rings. The van der Waals surface area contributed by atoms with Crippen LogP contribution in [0.2, 0.25) is 0 Å². The number of anilines is 1. The Bertz CT molecular complexity index is 1220. The summed E-state index contributed by atoms with van der Waals surface area (Å²) in [5, 5.41) is 12.2. The zero-order chi connectivity index (χ0) is 25.5. The van der Waals surface area contributed by atoms with Crippen molar-refractivity contribution in [2.45, 2.75) is 36.6 Å². The van der Waals surface area contributed by atoms with Crippen LogP contribution in [0.1, 0.15) is 35.8 Å². The summed E-state index contributed by atoms with van der Waals surface area (Å²) in [5.74, 6) is -1.14. The number of carbonyl (C=O) groups is 3. The van der Waals surface area contributed by atoms with Gasteiger partial charge in [-0.25, -0.2) is 9.83 Å². The van der Waals surface area contributed by atoms with Gasteiger partial charge in [-0.2, -0.15) is 5.26 Å². The van der Waals surface area contributed by atoms with Gasteiger partial charge in [-0.05, 0) is 17.5 Å². The molecule has 1 aliphatic heterocycles. The molecule has 1 atom stereocenters. The first-order chi connectivity index (χ1) is 16.8. The zero-order valence-corrected chi connectivity index (χ0v) is 20.1. The van der Waals surface area contributed by atoms with Crippen molar-refractivity contribution >= 4 is 41.1 Å². The van der Waals surface area contributed by atoms with E-state index in [0.717, 1.165) is 11.8 Å². The molecule has 0 bridgehead atoms. The molecule has 2 heterocycles. The van der Waals surface area contributed by atoms with Gasteiger partial charge in [0.05, 0.1) is 18.2 Å². The summed E-state index contributed by atoms with van der Waals surface area (Å²) in [7, 11) is 0. The molecule has 1 saturated heterocycles. The topological polar surface area (TPSA) is 143 Å². The van der Waals surface area contributed by atoms with E-state index in [9.17, 15) is 19.6 Å². The van der Waals surface area contributed by atoms with Crippen molar-refractivity contribution < 1.29 is 19.1 Å². The number of nitrogens with one attached hydrogen (secondary N) is 1. The van der Waals surface area contributed by atoms with Crippen molar-refractivity contribution in [1.82, 2.24) is 10.3 Å². The first-order valence-electron chi connectivity index (χ1n) is 10.8. The van der Waals surface area contributed by atoms with E-state index in [4.69, 9.17) is 17.0 Å². The Kier molecular flexibility index (Phi) is 8.29. The van der Waals surface area contributed by atoms with Crippen LogP contribution < -0.4 is 16.0 Å². The Balaban J connectivity index is 1.90. The highest BCUT2D eigenvalue weighted by Crippen LogP contribution is 2.43. The lowest BCUT2D eigenvalue weighted by molar-refractivity contribution is -0.146. The summed E-state index contributed by atoms with van der Waals surface area (Å²) in [6.45, 7) is 11.2. The second kappa shape index (κ2) is 11.4. The largest absolute Gasteiger partial charge is 0.456 e. The van der Waals surface area contributed by atoms with Crippen molar-refractivity contribution in [3.63, 3.8) is 0 Å². The lowest BCUT2D eigenvalue weighted by atomic mass is 10.0. The molecule has 1 fully saturated rings. The number of carbonyl (C=O) groups excluding carboxylic acids is 3. The SMILES string of the molecule is [C-]#[N+]c1c(N2CC(NC(=O)COC(C)=O)C2)nc(SC(C(N)=O)c2ccccc2)c(C#N)c1CC. The van der Waals surface area contributed by atoms with E-state index in [1.54, 1.807) is 24.3 Å². The number of ether oxygens (including phenoxy) is 1. The van der Waals surface area contributed by atoms with Gasteiger partial charge in [0.25, 0.3) is 5.91 Å². The fourth-order valence-corrected chi connectivity index (χ4v) is 4.74. The minimum atomic E-state index is -0.767. The highest BCUT2D eigenvalue weighted by molar-refractivity contribution is 8.00. The number of primary amides is 1. The van der Waals surface area contributed by atoms with Gasteiger partial charge in [-0.3, -0.25) is 14.4 Å². The van der Waals surface area contributed by atoms with Crippen LogP contribution in [0.3, 0.4) is 0 Å².